The second-order valence-electron chi connectivity index (χ2n) is 15.7. The zero-order chi connectivity index (χ0) is 34.2. The molecule has 2 saturated heterocycles. The maximum Gasteiger partial charge on any atom is 0.289 e. The quantitative estimate of drug-likeness (QED) is 0.288. The molecule has 5 amide bonds. The number of hydrogen-bond donors (Lipinski definition) is 4. The number of carbonyl (C=O) groups excluding carboxylic acids is 6. The Morgan fingerprint density at radius 3 is 2.35 bits per heavy atom. The summed E-state index contributed by atoms with van der Waals surface area (Å²) < 4.78 is 0. The third-order valence-electron chi connectivity index (χ3n) is 11.1. The molecule has 5 fully saturated rings. The van der Waals surface area contributed by atoms with E-state index >= 15 is 0 Å². The van der Waals surface area contributed by atoms with Gasteiger partial charge in [-0.05, 0) is 80.5 Å². The van der Waals surface area contributed by atoms with Gasteiger partial charge in [-0.2, -0.15) is 0 Å². The Labute approximate surface area is 281 Å². The predicted octanol–water partition coefficient (Wildman–Crippen LogP) is 1.67. The molecule has 1 aromatic rings. The Morgan fingerprint density at radius 2 is 1.69 bits per heavy atom. The average Bonchev–Trinajstić information content (AvgIpc) is 3.68. The van der Waals surface area contributed by atoms with Crippen LogP contribution in [0.25, 0.3) is 0 Å². The van der Waals surface area contributed by atoms with Crippen molar-refractivity contribution in [2.75, 3.05) is 6.54 Å². The van der Waals surface area contributed by atoms with Crippen molar-refractivity contribution < 1.29 is 28.8 Å². The fourth-order valence-corrected chi connectivity index (χ4v) is 8.38. The van der Waals surface area contributed by atoms with Crippen molar-refractivity contribution in [3.63, 3.8) is 0 Å². The van der Waals surface area contributed by atoms with Crippen molar-refractivity contribution in [1.82, 2.24) is 36.1 Å². The van der Waals surface area contributed by atoms with Gasteiger partial charge in [-0.25, -0.2) is 4.98 Å². The summed E-state index contributed by atoms with van der Waals surface area (Å²) >= 11 is 0. The summed E-state index contributed by atoms with van der Waals surface area (Å²) in [4.78, 5) is 91.3. The van der Waals surface area contributed by atoms with Gasteiger partial charge in [0.1, 0.15) is 23.8 Å². The first-order valence-electron chi connectivity index (χ1n) is 17.7. The minimum Gasteiger partial charge on any atom is -0.347 e. The van der Waals surface area contributed by atoms with Crippen molar-refractivity contribution in [2.45, 2.75) is 122 Å². The maximum atomic E-state index is 14.6. The highest BCUT2D eigenvalue weighted by atomic mass is 16.2. The van der Waals surface area contributed by atoms with Crippen molar-refractivity contribution in [2.24, 2.45) is 29.1 Å². The molecule has 2 aliphatic heterocycles. The number of rotatable bonds is 9. The number of fused-ring (bicyclic) bond motifs is 1. The molecule has 1 aromatic heterocycles. The summed E-state index contributed by atoms with van der Waals surface area (Å²) in [6.45, 7) is 5.99. The molecule has 48 heavy (non-hydrogen) atoms. The lowest BCUT2D eigenvalue weighted by Crippen LogP contribution is -2.62. The Kier molecular flexibility index (Phi) is 9.85. The molecule has 2 bridgehead atoms. The molecule has 3 aliphatic carbocycles. The monoisotopic (exact) mass is 663 g/mol. The zero-order valence-corrected chi connectivity index (χ0v) is 28.2. The van der Waals surface area contributed by atoms with Crippen LogP contribution < -0.4 is 21.3 Å². The number of aromatic nitrogens is 2. The molecule has 3 saturated carbocycles. The number of likely N-dealkylation sites (tertiary alicyclic amines) is 1. The average molecular weight is 664 g/mol. The van der Waals surface area contributed by atoms with Gasteiger partial charge < -0.3 is 26.2 Å². The molecule has 4 N–H and O–H groups in total. The molecule has 3 heterocycles. The van der Waals surface area contributed by atoms with E-state index in [2.05, 4.69) is 31.2 Å². The third kappa shape index (κ3) is 7.39. The molecule has 7 atom stereocenters. The van der Waals surface area contributed by atoms with Gasteiger partial charge in [0.15, 0.2) is 0 Å². The number of Topliss-reactive ketones (excluding diaryl/α,β-unsaturated/α-hetero) is 1. The summed E-state index contributed by atoms with van der Waals surface area (Å²) in [5.74, 6) is -2.78. The SMILES string of the molecule is CC(C)(C)[C@H](NC(=O)[C@@H](NC(=O)c1cnccn1)C1CCCCC1)C(=O)N1C[C@@H]2CC3CC[C@@H](C(=O)C(=O)NC4CC4)NC(=O)[C@@H]1[C@H]2C3. The Balaban J connectivity index is 1.21. The molecule has 1 unspecified atom stereocenters. The molecule has 13 heteroatoms. The maximum absolute atomic E-state index is 14.6. The lowest BCUT2D eigenvalue weighted by atomic mass is 9.82. The summed E-state index contributed by atoms with van der Waals surface area (Å²) in [5, 5.41) is 11.5. The van der Waals surface area contributed by atoms with Gasteiger partial charge in [0, 0.05) is 25.0 Å². The summed E-state index contributed by atoms with van der Waals surface area (Å²) in [6.07, 6.45) is 13.1. The van der Waals surface area contributed by atoms with Crippen LogP contribution in [0.2, 0.25) is 0 Å². The van der Waals surface area contributed by atoms with Gasteiger partial charge in [0.2, 0.25) is 23.5 Å². The van der Waals surface area contributed by atoms with Crippen LogP contribution in [0.15, 0.2) is 18.6 Å². The van der Waals surface area contributed by atoms with Gasteiger partial charge in [-0.1, -0.05) is 40.0 Å². The van der Waals surface area contributed by atoms with E-state index in [1.165, 1.54) is 18.6 Å². The Hall–Kier alpha value is -3.90. The van der Waals surface area contributed by atoms with Crippen LogP contribution in [0, 0.1) is 29.1 Å². The first-order valence-corrected chi connectivity index (χ1v) is 17.7. The minimum absolute atomic E-state index is 0.0239. The third-order valence-corrected chi connectivity index (χ3v) is 11.1. The largest absolute Gasteiger partial charge is 0.347 e. The van der Waals surface area contributed by atoms with E-state index in [0.29, 0.717) is 18.9 Å². The molecule has 13 nitrogen and oxygen atoms in total. The van der Waals surface area contributed by atoms with E-state index in [4.69, 9.17) is 0 Å². The van der Waals surface area contributed by atoms with E-state index in [1.54, 1.807) is 4.90 Å². The highest BCUT2D eigenvalue weighted by Gasteiger charge is 2.55. The number of hydrogen-bond acceptors (Lipinski definition) is 8. The molecular weight excluding hydrogens is 614 g/mol. The van der Waals surface area contributed by atoms with Gasteiger partial charge >= 0.3 is 0 Å². The first-order chi connectivity index (χ1) is 22.9. The van der Waals surface area contributed by atoms with Gasteiger partial charge in [0.25, 0.3) is 11.8 Å². The first kappa shape index (κ1) is 34.0. The fraction of sp³-hybridized carbons (Fsp3) is 0.714. The highest BCUT2D eigenvalue weighted by molar-refractivity contribution is 6.38. The summed E-state index contributed by atoms with van der Waals surface area (Å²) in [7, 11) is 0. The molecule has 5 aliphatic rings. The van der Waals surface area contributed by atoms with Gasteiger partial charge in [-0.15, -0.1) is 0 Å². The normalized spacial score (nSPS) is 28.6. The smallest absolute Gasteiger partial charge is 0.289 e. The van der Waals surface area contributed by atoms with Crippen LogP contribution in [0.3, 0.4) is 0 Å². The van der Waals surface area contributed by atoms with Crippen molar-refractivity contribution >= 4 is 35.3 Å². The van der Waals surface area contributed by atoms with Crippen LogP contribution in [0.1, 0.15) is 102 Å². The summed E-state index contributed by atoms with van der Waals surface area (Å²) in [5.41, 5.74) is -0.627. The lowest BCUT2D eigenvalue weighted by molar-refractivity contribution is -0.146. The van der Waals surface area contributed by atoms with Crippen LogP contribution in [-0.4, -0.2) is 86.9 Å². The molecule has 0 spiro atoms. The van der Waals surface area contributed by atoms with Crippen LogP contribution >= 0.6 is 0 Å². The van der Waals surface area contributed by atoms with Crippen LogP contribution in [0.5, 0.6) is 0 Å². The summed E-state index contributed by atoms with van der Waals surface area (Å²) in [6, 6.07) is -3.59. The molecule has 0 aromatic carbocycles. The molecule has 0 radical (unpaired) electrons. The number of ketones is 1. The van der Waals surface area contributed by atoms with Gasteiger partial charge in [-0.3, -0.25) is 33.8 Å². The highest BCUT2D eigenvalue weighted by Crippen LogP contribution is 2.48. The molecule has 6 rings (SSSR count). The Morgan fingerprint density at radius 1 is 0.938 bits per heavy atom. The van der Waals surface area contributed by atoms with E-state index in [0.717, 1.165) is 64.2 Å². The van der Waals surface area contributed by atoms with Crippen molar-refractivity contribution in [3.8, 4) is 0 Å². The molecule has 260 valence electrons. The minimum atomic E-state index is -0.985. The van der Waals surface area contributed by atoms with Gasteiger partial charge in [0.05, 0.1) is 12.2 Å². The standard InChI is InChI=1S/C35H49N7O6/c1-35(2,3)29(41-31(45)26(20-7-5-4-6-8-20)40-30(44)25-17-36-13-14-37-25)34(48)42-18-21-15-19-9-12-24(28(43)33(47)38-22-10-11-22)39-32(46)27(42)23(21)16-19/h13-14,17,19-24,26-27,29H,4-12,15-16,18H2,1-3H3,(H,38,47)(H,39,46)(H,40,44)(H,41,45)/t19?,21-,23-,24-,26-,27-,29+/m0/s1. The number of carbonyl (C=O) groups is 6. The van der Waals surface area contributed by atoms with Crippen LogP contribution in [-0.2, 0) is 24.0 Å². The van der Waals surface area contributed by atoms with Crippen molar-refractivity contribution in [3.05, 3.63) is 24.3 Å². The van der Waals surface area contributed by atoms with E-state index in [-0.39, 0.29) is 35.4 Å². The second-order valence-corrected chi connectivity index (χ2v) is 15.7. The van der Waals surface area contributed by atoms with E-state index in [1.807, 2.05) is 20.8 Å². The zero-order valence-electron chi connectivity index (χ0n) is 28.2. The number of nitrogens with one attached hydrogen (secondary N) is 4. The second kappa shape index (κ2) is 13.9. The van der Waals surface area contributed by atoms with Crippen LogP contribution in [0.4, 0.5) is 0 Å². The number of nitrogens with zero attached hydrogens (tertiary/aromatic N) is 3. The van der Waals surface area contributed by atoms with E-state index < -0.39 is 59.0 Å². The van der Waals surface area contributed by atoms with E-state index in [9.17, 15) is 28.8 Å². The lowest BCUT2D eigenvalue weighted by Gasteiger charge is -2.38. The fourth-order valence-electron chi connectivity index (χ4n) is 8.38. The van der Waals surface area contributed by atoms with Crippen molar-refractivity contribution in [1.29, 1.82) is 0 Å². The number of amides is 5. The topological polar surface area (TPSA) is 180 Å². The Bertz CT molecular complexity index is 1420. The molecular formula is C35H49N7O6. The predicted molar refractivity (Wildman–Crippen MR) is 174 cm³/mol.